The predicted molar refractivity (Wildman–Crippen MR) is 96.3 cm³/mol. The van der Waals surface area contributed by atoms with E-state index < -0.39 is 0 Å². The summed E-state index contributed by atoms with van der Waals surface area (Å²) < 4.78 is 5.31. The summed E-state index contributed by atoms with van der Waals surface area (Å²) in [4.78, 5) is 29.0. The molecule has 0 aliphatic carbocycles. The maximum atomic E-state index is 12.7. The van der Waals surface area contributed by atoms with Crippen molar-refractivity contribution in [3.05, 3.63) is 35.4 Å². The van der Waals surface area contributed by atoms with Gasteiger partial charge < -0.3 is 14.5 Å². The van der Waals surface area contributed by atoms with Gasteiger partial charge in [0.25, 0.3) is 0 Å². The Morgan fingerprint density at radius 3 is 2.56 bits per heavy atom. The molecule has 2 saturated heterocycles. The number of amides is 2. The standard InChI is InChI=1S/C20H28N2O3/c1-16-7-9-17(10-8-16)4-2-6-19(23)22-11-3-5-18(22)20(24)21-12-14-25-15-13-21/h7-10,18H,2-6,11-15H2,1H3/t18-/m0/s1. The first-order valence-corrected chi connectivity index (χ1v) is 9.37. The van der Waals surface area contributed by atoms with Crippen LogP contribution in [0.25, 0.3) is 0 Å². The first-order chi connectivity index (χ1) is 12.1. The number of carbonyl (C=O) groups is 2. The highest BCUT2D eigenvalue weighted by molar-refractivity contribution is 5.88. The van der Waals surface area contributed by atoms with E-state index in [2.05, 4.69) is 31.2 Å². The van der Waals surface area contributed by atoms with Crippen LogP contribution in [0.1, 0.15) is 36.8 Å². The summed E-state index contributed by atoms with van der Waals surface area (Å²) in [6.45, 7) is 5.28. The van der Waals surface area contributed by atoms with Crippen LogP contribution >= 0.6 is 0 Å². The fraction of sp³-hybridized carbons (Fsp3) is 0.600. The number of ether oxygens (including phenoxy) is 1. The van der Waals surface area contributed by atoms with Crippen LogP contribution in [-0.4, -0.2) is 60.5 Å². The van der Waals surface area contributed by atoms with Crippen LogP contribution in [0.5, 0.6) is 0 Å². The third-order valence-corrected chi connectivity index (χ3v) is 5.16. The fourth-order valence-corrected chi connectivity index (χ4v) is 3.66. The summed E-state index contributed by atoms with van der Waals surface area (Å²) in [5, 5.41) is 0. The molecule has 0 saturated carbocycles. The van der Waals surface area contributed by atoms with Crippen LogP contribution in [0.3, 0.4) is 0 Å². The Balaban J connectivity index is 1.50. The zero-order chi connectivity index (χ0) is 17.6. The molecule has 25 heavy (non-hydrogen) atoms. The number of hydrogen-bond donors (Lipinski definition) is 0. The van der Waals surface area contributed by atoms with Gasteiger partial charge in [0.2, 0.25) is 11.8 Å². The second-order valence-corrected chi connectivity index (χ2v) is 7.02. The first-order valence-electron chi connectivity index (χ1n) is 9.37. The molecule has 0 aromatic heterocycles. The normalized spacial score (nSPS) is 20.8. The topological polar surface area (TPSA) is 49.9 Å². The Labute approximate surface area is 149 Å². The number of nitrogens with zero attached hydrogens (tertiary/aromatic N) is 2. The minimum atomic E-state index is -0.259. The maximum absolute atomic E-state index is 12.7. The molecule has 5 nitrogen and oxygen atoms in total. The van der Waals surface area contributed by atoms with Gasteiger partial charge in [-0.25, -0.2) is 0 Å². The van der Waals surface area contributed by atoms with E-state index in [-0.39, 0.29) is 17.9 Å². The molecule has 1 aromatic rings. The van der Waals surface area contributed by atoms with E-state index in [4.69, 9.17) is 4.74 Å². The minimum Gasteiger partial charge on any atom is -0.378 e. The first kappa shape index (κ1) is 17.9. The minimum absolute atomic E-state index is 0.104. The van der Waals surface area contributed by atoms with Crippen LogP contribution in [0, 0.1) is 6.92 Å². The molecule has 2 aliphatic heterocycles. The highest BCUT2D eigenvalue weighted by atomic mass is 16.5. The van der Waals surface area contributed by atoms with Crippen molar-refractivity contribution in [2.75, 3.05) is 32.8 Å². The lowest BCUT2D eigenvalue weighted by Gasteiger charge is -2.32. The molecule has 0 bridgehead atoms. The molecule has 2 heterocycles. The molecule has 0 N–H and O–H groups in total. The van der Waals surface area contributed by atoms with E-state index in [0.717, 1.165) is 25.7 Å². The van der Waals surface area contributed by atoms with Gasteiger partial charge in [-0.15, -0.1) is 0 Å². The molecular formula is C20H28N2O3. The number of carbonyl (C=O) groups excluding carboxylic acids is 2. The molecule has 5 heteroatoms. The molecule has 0 unspecified atom stereocenters. The van der Waals surface area contributed by atoms with Gasteiger partial charge >= 0.3 is 0 Å². The SMILES string of the molecule is Cc1ccc(CCCC(=O)N2CCC[C@H]2C(=O)N2CCOCC2)cc1. The molecule has 1 atom stereocenters. The van der Waals surface area contributed by atoms with Crippen molar-refractivity contribution in [2.45, 2.75) is 45.1 Å². The van der Waals surface area contributed by atoms with Gasteiger partial charge in [0.15, 0.2) is 0 Å². The lowest BCUT2D eigenvalue weighted by atomic mass is 10.1. The third-order valence-electron chi connectivity index (χ3n) is 5.16. The van der Waals surface area contributed by atoms with Gasteiger partial charge in [-0.1, -0.05) is 29.8 Å². The van der Waals surface area contributed by atoms with Gasteiger partial charge in [0.1, 0.15) is 6.04 Å². The maximum Gasteiger partial charge on any atom is 0.245 e. The highest BCUT2D eigenvalue weighted by Gasteiger charge is 2.36. The van der Waals surface area contributed by atoms with E-state index in [1.807, 2.05) is 9.80 Å². The Morgan fingerprint density at radius 1 is 1.12 bits per heavy atom. The van der Waals surface area contributed by atoms with E-state index >= 15 is 0 Å². The zero-order valence-electron chi connectivity index (χ0n) is 15.1. The number of morpholine rings is 1. The van der Waals surface area contributed by atoms with Gasteiger partial charge in [-0.05, 0) is 38.2 Å². The molecule has 136 valence electrons. The van der Waals surface area contributed by atoms with Crippen molar-refractivity contribution in [3.8, 4) is 0 Å². The van der Waals surface area contributed by atoms with E-state index in [1.165, 1.54) is 11.1 Å². The number of hydrogen-bond acceptors (Lipinski definition) is 3. The predicted octanol–water partition coefficient (Wildman–Crippen LogP) is 2.17. The second-order valence-electron chi connectivity index (χ2n) is 7.02. The average molecular weight is 344 g/mol. The van der Waals surface area contributed by atoms with Crippen LogP contribution in [0.2, 0.25) is 0 Å². The molecule has 2 fully saturated rings. The van der Waals surface area contributed by atoms with Crippen molar-refractivity contribution in [1.29, 1.82) is 0 Å². The fourth-order valence-electron chi connectivity index (χ4n) is 3.66. The molecule has 0 spiro atoms. The lowest BCUT2D eigenvalue weighted by molar-refractivity contribution is -0.146. The largest absolute Gasteiger partial charge is 0.378 e. The Bertz CT molecular complexity index is 593. The molecule has 0 radical (unpaired) electrons. The second kappa shape index (κ2) is 8.48. The number of aryl methyl sites for hydroxylation is 2. The van der Waals surface area contributed by atoms with Crippen LogP contribution in [0.4, 0.5) is 0 Å². The summed E-state index contributed by atoms with van der Waals surface area (Å²) in [6, 6.07) is 8.20. The van der Waals surface area contributed by atoms with Gasteiger partial charge in [-0.3, -0.25) is 9.59 Å². The molecule has 2 aliphatic rings. The van der Waals surface area contributed by atoms with Gasteiger partial charge in [0, 0.05) is 26.1 Å². The summed E-state index contributed by atoms with van der Waals surface area (Å²) in [7, 11) is 0. The average Bonchev–Trinajstić information content (AvgIpc) is 3.13. The van der Waals surface area contributed by atoms with Crippen molar-refractivity contribution < 1.29 is 14.3 Å². The molecule has 1 aromatic carbocycles. The van der Waals surface area contributed by atoms with Gasteiger partial charge in [-0.2, -0.15) is 0 Å². The zero-order valence-corrected chi connectivity index (χ0v) is 15.1. The van der Waals surface area contributed by atoms with Gasteiger partial charge in [0.05, 0.1) is 13.2 Å². The number of rotatable bonds is 5. The molecule has 2 amide bonds. The Kier molecular flexibility index (Phi) is 6.08. The quantitative estimate of drug-likeness (QED) is 0.822. The van der Waals surface area contributed by atoms with E-state index in [9.17, 15) is 9.59 Å². The Morgan fingerprint density at radius 2 is 1.84 bits per heavy atom. The highest BCUT2D eigenvalue weighted by Crippen LogP contribution is 2.21. The summed E-state index contributed by atoms with van der Waals surface area (Å²) >= 11 is 0. The van der Waals surface area contributed by atoms with Crippen LogP contribution in [-0.2, 0) is 20.7 Å². The summed E-state index contributed by atoms with van der Waals surface area (Å²) in [5.74, 6) is 0.226. The third kappa shape index (κ3) is 4.60. The van der Waals surface area contributed by atoms with E-state index in [0.29, 0.717) is 39.3 Å². The van der Waals surface area contributed by atoms with Crippen LogP contribution in [0.15, 0.2) is 24.3 Å². The monoisotopic (exact) mass is 344 g/mol. The van der Waals surface area contributed by atoms with Crippen molar-refractivity contribution in [2.24, 2.45) is 0 Å². The molecule has 3 rings (SSSR count). The van der Waals surface area contributed by atoms with Crippen molar-refractivity contribution in [3.63, 3.8) is 0 Å². The van der Waals surface area contributed by atoms with Crippen molar-refractivity contribution >= 4 is 11.8 Å². The van der Waals surface area contributed by atoms with E-state index in [1.54, 1.807) is 0 Å². The van der Waals surface area contributed by atoms with Crippen molar-refractivity contribution in [1.82, 2.24) is 9.80 Å². The Hall–Kier alpha value is -1.88. The molecular weight excluding hydrogens is 316 g/mol. The lowest BCUT2D eigenvalue weighted by Crippen LogP contribution is -2.51. The summed E-state index contributed by atoms with van der Waals surface area (Å²) in [5.41, 5.74) is 2.52. The van der Waals surface area contributed by atoms with Crippen LogP contribution < -0.4 is 0 Å². The number of likely N-dealkylation sites (tertiary alicyclic amines) is 1. The number of benzene rings is 1. The smallest absolute Gasteiger partial charge is 0.245 e. The summed E-state index contributed by atoms with van der Waals surface area (Å²) in [6.07, 6.45) is 3.96.